The van der Waals surface area contributed by atoms with E-state index >= 15 is 0 Å². The van der Waals surface area contributed by atoms with Crippen LogP contribution in [0, 0.1) is 0 Å². The second kappa shape index (κ2) is 9.71. The van der Waals surface area contributed by atoms with Crippen molar-refractivity contribution in [2.45, 2.75) is 19.0 Å². The van der Waals surface area contributed by atoms with E-state index in [1.165, 1.54) is 0 Å². The van der Waals surface area contributed by atoms with Gasteiger partial charge < -0.3 is 16.0 Å². The summed E-state index contributed by atoms with van der Waals surface area (Å²) in [6, 6.07) is 9.82. The summed E-state index contributed by atoms with van der Waals surface area (Å²) in [6.07, 6.45) is 0.410. The van der Waals surface area contributed by atoms with E-state index in [1.807, 2.05) is 42.1 Å². The maximum absolute atomic E-state index is 12.4. The van der Waals surface area contributed by atoms with Gasteiger partial charge >= 0.3 is 0 Å². The molecule has 1 fully saturated rings. The molecular weight excluding hydrogens is 322 g/mol. The number of thioether (sulfide) groups is 1. The minimum atomic E-state index is -0.481. The molecule has 0 saturated carbocycles. The molecule has 1 aromatic rings. The molecule has 2 amide bonds. The first-order valence-corrected chi connectivity index (χ1v) is 8.22. The fraction of sp³-hybridized carbons (Fsp3) is 0.467. The second-order valence-electron chi connectivity index (χ2n) is 5.13. The number of nitrogens with zero attached hydrogens (tertiary/aromatic N) is 1. The normalized spacial score (nSPS) is 17.4. The van der Waals surface area contributed by atoms with Gasteiger partial charge in [-0.3, -0.25) is 9.59 Å². The van der Waals surface area contributed by atoms with E-state index in [2.05, 4.69) is 5.32 Å². The SMILES string of the molecule is Cl.NC(=O)CN(Cc1ccccc1)C(=O)CC1CSCCN1. The first-order chi connectivity index (χ1) is 10.1. The number of benzene rings is 1. The molecule has 0 aliphatic carbocycles. The monoisotopic (exact) mass is 343 g/mol. The molecule has 122 valence electrons. The predicted molar refractivity (Wildman–Crippen MR) is 92.0 cm³/mol. The number of hydrogen-bond donors (Lipinski definition) is 2. The summed E-state index contributed by atoms with van der Waals surface area (Å²) < 4.78 is 0. The number of halogens is 1. The van der Waals surface area contributed by atoms with Crippen LogP contribution in [0.2, 0.25) is 0 Å². The lowest BCUT2D eigenvalue weighted by Crippen LogP contribution is -2.44. The molecule has 22 heavy (non-hydrogen) atoms. The van der Waals surface area contributed by atoms with Crippen LogP contribution in [-0.4, -0.2) is 47.4 Å². The lowest BCUT2D eigenvalue weighted by Gasteiger charge is -2.27. The maximum Gasteiger partial charge on any atom is 0.237 e. The Labute approximate surface area is 141 Å². The first-order valence-electron chi connectivity index (χ1n) is 7.06. The molecule has 0 radical (unpaired) electrons. The predicted octanol–water partition coefficient (Wildman–Crippen LogP) is 1.02. The Bertz CT molecular complexity index is 481. The summed E-state index contributed by atoms with van der Waals surface area (Å²) in [4.78, 5) is 25.2. The van der Waals surface area contributed by atoms with Crippen LogP contribution >= 0.6 is 24.2 Å². The highest BCUT2D eigenvalue weighted by atomic mass is 35.5. The molecule has 2 rings (SSSR count). The third-order valence-corrected chi connectivity index (χ3v) is 4.47. The van der Waals surface area contributed by atoms with Crippen LogP contribution < -0.4 is 11.1 Å². The first kappa shape index (κ1) is 18.8. The summed E-state index contributed by atoms with van der Waals surface area (Å²) in [6.45, 7) is 1.31. The van der Waals surface area contributed by atoms with Gasteiger partial charge in [-0.25, -0.2) is 0 Å². The average molecular weight is 344 g/mol. The van der Waals surface area contributed by atoms with Crippen LogP contribution in [0.3, 0.4) is 0 Å². The number of primary amides is 1. The van der Waals surface area contributed by atoms with Crippen molar-refractivity contribution in [2.24, 2.45) is 5.73 Å². The minimum absolute atomic E-state index is 0. The summed E-state index contributed by atoms with van der Waals surface area (Å²) in [5.74, 6) is 1.50. The number of hydrogen-bond acceptors (Lipinski definition) is 4. The molecule has 0 bridgehead atoms. The van der Waals surface area contributed by atoms with Crippen molar-refractivity contribution in [3.63, 3.8) is 0 Å². The zero-order valence-corrected chi connectivity index (χ0v) is 14.0. The highest BCUT2D eigenvalue weighted by Crippen LogP contribution is 2.13. The van der Waals surface area contributed by atoms with E-state index in [0.717, 1.165) is 23.6 Å². The second-order valence-corrected chi connectivity index (χ2v) is 6.28. The van der Waals surface area contributed by atoms with Crippen LogP contribution in [0.4, 0.5) is 0 Å². The standard InChI is InChI=1S/C15H21N3O2S.ClH/c16-14(19)10-18(9-12-4-2-1-3-5-12)15(20)8-13-11-21-7-6-17-13;/h1-5,13,17H,6-11H2,(H2,16,19);1H. The number of carbonyl (C=O) groups excluding carboxylic acids is 2. The summed E-state index contributed by atoms with van der Waals surface area (Å²) in [7, 11) is 0. The molecule has 1 aliphatic rings. The Morgan fingerprint density at radius 1 is 1.32 bits per heavy atom. The van der Waals surface area contributed by atoms with Crippen LogP contribution in [-0.2, 0) is 16.1 Å². The van der Waals surface area contributed by atoms with Crippen LogP contribution in [0.5, 0.6) is 0 Å². The van der Waals surface area contributed by atoms with E-state index in [9.17, 15) is 9.59 Å². The van der Waals surface area contributed by atoms with E-state index < -0.39 is 5.91 Å². The number of amides is 2. The highest BCUT2D eigenvalue weighted by molar-refractivity contribution is 7.99. The zero-order valence-electron chi connectivity index (χ0n) is 12.4. The van der Waals surface area contributed by atoms with Crippen molar-refractivity contribution in [1.82, 2.24) is 10.2 Å². The highest BCUT2D eigenvalue weighted by Gasteiger charge is 2.22. The lowest BCUT2D eigenvalue weighted by atomic mass is 10.1. The Hall–Kier alpha value is -1.24. The fourth-order valence-electron chi connectivity index (χ4n) is 2.31. The summed E-state index contributed by atoms with van der Waals surface area (Å²) >= 11 is 1.85. The summed E-state index contributed by atoms with van der Waals surface area (Å²) in [5, 5.41) is 3.34. The van der Waals surface area contributed by atoms with Crippen molar-refractivity contribution >= 4 is 36.0 Å². The van der Waals surface area contributed by atoms with E-state index in [0.29, 0.717) is 13.0 Å². The smallest absolute Gasteiger partial charge is 0.237 e. The third kappa shape index (κ3) is 6.25. The van der Waals surface area contributed by atoms with E-state index in [4.69, 9.17) is 5.73 Å². The fourth-order valence-corrected chi connectivity index (χ4v) is 3.26. The Morgan fingerprint density at radius 2 is 2.05 bits per heavy atom. The Balaban J connectivity index is 0.00000242. The number of carbonyl (C=O) groups is 2. The van der Waals surface area contributed by atoms with Gasteiger partial charge in [0.1, 0.15) is 0 Å². The molecule has 0 aromatic heterocycles. The largest absolute Gasteiger partial charge is 0.368 e. The van der Waals surface area contributed by atoms with Gasteiger partial charge in [-0.1, -0.05) is 30.3 Å². The van der Waals surface area contributed by atoms with E-state index in [-0.39, 0.29) is 30.9 Å². The summed E-state index contributed by atoms with van der Waals surface area (Å²) in [5.41, 5.74) is 6.26. The van der Waals surface area contributed by atoms with Gasteiger partial charge in [0.05, 0.1) is 6.54 Å². The van der Waals surface area contributed by atoms with Crippen LogP contribution in [0.25, 0.3) is 0 Å². The van der Waals surface area contributed by atoms with Gasteiger partial charge in [0, 0.05) is 37.1 Å². The molecular formula is C15H22ClN3O2S. The molecule has 1 aliphatic heterocycles. The van der Waals surface area contributed by atoms with Crippen LogP contribution in [0.15, 0.2) is 30.3 Å². The molecule has 0 spiro atoms. The molecule has 1 aromatic carbocycles. The third-order valence-electron chi connectivity index (χ3n) is 3.34. The Kier molecular flexibility index (Phi) is 8.30. The van der Waals surface area contributed by atoms with Gasteiger partial charge in [0.15, 0.2) is 0 Å². The Morgan fingerprint density at radius 3 is 2.64 bits per heavy atom. The number of rotatable bonds is 6. The van der Waals surface area contributed by atoms with Gasteiger partial charge in [0.2, 0.25) is 11.8 Å². The van der Waals surface area contributed by atoms with Crippen molar-refractivity contribution in [2.75, 3.05) is 24.6 Å². The van der Waals surface area contributed by atoms with Gasteiger partial charge in [-0.15, -0.1) is 12.4 Å². The molecule has 1 atom stereocenters. The molecule has 1 saturated heterocycles. The zero-order chi connectivity index (χ0) is 15.1. The van der Waals surface area contributed by atoms with E-state index in [1.54, 1.807) is 4.90 Å². The topological polar surface area (TPSA) is 75.4 Å². The maximum atomic E-state index is 12.4. The lowest BCUT2D eigenvalue weighted by molar-refractivity contribution is -0.136. The minimum Gasteiger partial charge on any atom is -0.368 e. The molecule has 3 N–H and O–H groups in total. The van der Waals surface area contributed by atoms with Crippen LogP contribution in [0.1, 0.15) is 12.0 Å². The van der Waals surface area contributed by atoms with Crippen molar-refractivity contribution in [3.05, 3.63) is 35.9 Å². The van der Waals surface area contributed by atoms with Gasteiger partial charge in [-0.05, 0) is 5.56 Å². The van der Waals surface area contributed by atoms with Crippen molar-refractivity contribution in [1.29, 1.82) is 0 Å². The van der Waals surface area contributed by atoms with Gasteiger partial charge in [0.25, 0.3) is 0 Å². The average Bonchev–Trinajstić information content (AvgIpc) is 2.48. The molecule has 7 heteroatoms. The quantitative estimate of drug-likeness (QED) is 0.808. The number of nitrogens with one attached hydrogen (secondary N) is 1. The molecule has 5 nitrogen and oxygen atoms in total. The molecule has 1 unspecified atom stereocenters. The van der Waals surface area contributed by atoms with Crippen molar-refractivity contribution in [3.8, 4) is 0 Å². The molecule has 1 heterocycles. The van der Waals surface area contributed by atoms with Gasteiger partial charge in [-0.2, -0.15) is 11.8 Å². The number of nitrogens with two attached hydrogens (primary N) is 1. The van der Waals surface area contributed by atoms with Crippen molar-refractivity contribution < 1.29 is 9.59 Å².